The molecule has 4 nitrogen and oxygen atoms in total. The van der Waals surface area contributed by atoms with Gasteiger partial charge in [-0.15, -0.1) is 0 Å². The van der Waals surface area contributed by atoms with Crippen molar-refractivity contribution in [1.82, 2.24) is 14.5 Å². The van der Waals surface area contributed by atoms with Gasteiger partial charge in [-0.1, -0.05) is 11.6 Å². The van der Waals surface area contributed by atoms with Crippen LogP contribution in [0.1, 0.15) is 0 Å². The van der Waals surface area contributed by atoms with Crippen molar-refractivity contribution in [2.45, 2.75) is 0 Å². The zero-order valence-electron chi connectivity index (χ0n) is 12.2. The highest BCUT2D eigenvalue weighted by Gasteiger charge is 2.13. The predicted molar refractivity (Wildman–Crippen MR) is 89.6 cm³/mol. The first-order valence-electron chi connectivity index (χ1n) is 6.94. The number of nitrogens with zero attached hydrogens (tertiary/aromatic N) is 2. The first-order chi connectivity index (χ1) is 10.7. The van der Waals surface area contributed by atoms with Crippen molar-refractivity contribution < 1.29 is 4.74 Å². The number of methoxy groups -OCH3 is 1. The normalized spacial score (nSPS) is 11.4. The van der Waals surface area contributed by atoms with Gasteiger partial charge in [-0.2, -0.15) is 0 Å². The molecule has 0 radical (unpaired) electrons. The summed E-state index contributed by atoms with van der Waals surface area (Å²) in [5.41, 5.74) is 4.04. The summed E-state index contributed by atoms with van der Waals surface area (Å²) in [5.74, 6) is 0.840. The summed E-state index contributed by atoms with van der Waals surface area (Å²) in [6.07, 6.45) is 3.81. The SMILES string of the molecule is COc1ccc2c(c1)c(-c1cc3c(Cl)ccnc3[nH]1)cn2C. The molecule has 0 spiro atoms. The maximum atomic E-state index is 6.24. The summed E-state index contributed by atoms with van der Waals surface area (Å²) in [4.78, 5) is 7.68. The minimum Gasteiger partial charge on any atom is -0.497 e. The van der Waals surface area contributed by atoms with E-state index in [4.69, 9.17) is 16.3 Å². The molecule has 0 fully saturated rings. The van der Waals surface area contributed by atoms with E-state index in [2.05, 4.69) is 26.8 Å². The molecule has 22 heavy (non-hydrogen) atoms. The number of aryl methyl sites for hydroxylation is 1. The molecule has 1 N–H and O–H groups in total. The first-order valence-corrected chi connectivity index (χ1v) is 7.32. The fraction of sp³-hybridized carbons (Fsp3) is 0.118. The van der Waals surface area contributed by atoms with Crippen LogP contribution in [0, 0.1) is 0 Å². The Kier molecular flexibility index (Phi) is 2.87. The quantitative estimate of drug-likeness (QED) is 0.597. The molecule has 0 aliphatic heterocycles. The van der Waals surface area contributed by atoms with Crippen molar-refractivity contribution in [1.29, 1.82) is 0 Å². The van der Waals surface area contributed by atoms with Gasteiger partial charge in [0.25, 0.3) is 0 Å². The second-order valence-corrected chi connectivity index (χ2v) is 5.68. The molecule has 0 aliphatic rings. The molecule has 3 aromatic heterocycles. The van der Waals surface area contributed by atoms with Gasteiger partial charge in [0.1, 0.15) is 11.4 Å². The van der Waals surface area contributed by atoms with Gasteiger partial charge in [0, 0.05) is 47.0 Å². The zero-order valence-corrected chi connectivity index (χ0v) is 13.0. The molecule has 3 heterocycles. The molecule has 1 aromatic carbocycles. The number of rotatable bonds is 2. The monoisotopic (exact) mass is 311 g/mol. The van der Waals surface area contributed by atoms with Crippen molar-refractivity contribution in [3.05, 3.63) is 47.7 Å². The standard InChI is InChI=1S/C17H14ClN3O/c1-21-9-13(11-7-10(22-2)3-4-16(11)21)15-8-12-14(18)5-6-19-17(12)20-15/h3-9H,1-2H3,(H,19,20). The average molecular weight is 312 g/mol. The Morgan fingerprint density at radius 3 is 2.82 bits per heavy atom. The molecule has 0 unspecified atom stereocenters. The Labute approximate surface area is 132 Å². The molecule has 0 amide bonds. The molecule has 110 valence electrons. The second kappa shape index (κ2) is 4.78. The summed E-state index contributed by atoms with van der Waals surface area (Å²) in [5, 5.41) is 2.76. The second-order valence-electron chi connectivity index (χ2n) is 5.27. The molecule has 0 saturated heterocycles. The van der Waals surface area contributed by atoms with Crippen LogP contribution in [0.5, 0.6) is 5.75 Å². The first kappa shape index (κ1) is 13.2. The minimum atomic E-state index is 0.699. The van der Waals surface area contributed by atoms with Crippen molar-refractivity contribution in [2.75, 3.05) is 7.11 Å². The van der Waals surface area contributed by atoms with E-state index >= 15 is 0 Å². The summed E-state index contributed by atoms with van der Waals surface area (Å²) in [6, 6.07) is 9.92. The summed E-state index contributed by atoms with van der Waals surface area (Å²) in [6.45, 7) is 0. The molecule has 0 aliphatic carbocycles. The Balaban J connectivity index is 2.01. The molecule has 4 aromatic rings. The van der Waals surface area contributed by atoms with Gasteiger partial charge in [-0.05, 0) is 30.3 Å². The predicted octanol–water partition coefficient (Wildman–Crippen LogP) is 4.38. The van der Waals surface area contributed by atoms with E-state index < -0.39 is 0 Å². The number of fused-ring (bicyclic) bond motifs is 2. The van der Waals surface area contributed by atoms with E-state index in [1.165, 1.54) is 0 Å². The van der Waals surface area contributed by atoms with Crippen LogP contribution in [0.3, 0.4) is 0 Å². The number of hydrogen-bond acceptors (Lipinski definition) is 2. The fourth-order valence-corrected chi connectivity index (χ4v) is 3.05. The number of ether oxygens (including phenoxy) is 1. The largest absolute Gasteiger partial charge is 0.497 e. The lowest BCUT2D eigenvalue weighted by Gasteiger charge is -2.01. The van der Waals surface area contributed by atoms with Gasteiger partial charge in [0.2, 0.25) is 0 Å². The van der Waals surface area contributed by atoms with Gasteiger partial charge in [0.05, 0.1) is 12.1 Å². The maximum Gasteiger partial charge on any atom is 0.139 e. The van der Waals surface area contributed by atoms with E-state index in [1.807, 2.05) is 25.2 Å². The Morgan fingerprint density at radius 1 is 1.18 bits per heavy atom. The summed E-state index contributed by atoms with van der Waals surface area (Å²) in [7, 11) is 3.71. The third kappa shape index (κ3) is 1.88. The number of aromatic amines is 1. The van der Waals surface area contributed by atoms with E-state index in [-0.39, 0.29) is 0 Å². The number of nitrogens with one attached hydrogen (secondary N) is 1. The molecule has 4 rings (SSSR count). The topological polar surface area (TPSA) is 42.8 Å². The smallest absolute Gasteiger partial charge is 0.139 e. The van der Waals surface area contributed by atoms with E-state index in [1.54, 1.807) is 19.4 Å². The molecular weight excluding hydrogens is 298 g/mol. The number of aromatic nitrogens is 3. The van der Waals surface area contributed by atoms with Crippen LogP contribution >= 0.6 is 11.6 Å². The number of H-pyrrole nitrogens is 1. The average Bonchev–Trinajstić information content (AvgIpc) is 3.09. The van der Waals surface area contributed by atoms with Crippen molar-refractivity contribution in [3.8, 4) is 17.0 Å². The van der Waals surface area contributed by atoms with Gasteiger partial charge < -0.3 is 14.3 Å². The van der Waals surface area contributed by atoms with E-state index in [0.717, 1.165) is 38.9 Å². The molecule has 5 heteroatoms. The van der Waals surface area contributed by atoms with Crippen LogP contribution in [0.4, 0.5) is 0 Å². The van der Waals surface area contributed by atoms with Gasteiger partial charge in [0.15, 0.2) is 0 Å². The number of pyridine rings is 1. The lowest BCUT2D eigenvalue weighted by molar-refractivity contribution is 0.415. The van der Waals surface area contributed by atoms with Gasteiger partial charge >= 0.3 is 0 Å². The molecular formula is C17H14ClN3O. The highest BCUT2D eigenvalue weighted by molar-refractivity contribution is 6.35. The fourth-order valence-electron chi connectivity index (χ4n) is 2.85. The van der Waals surface area contributed by atoms with Crippen LogP contribution in [0.15, 0.2) is 42.7 Å². The summed E-state index contributed by atoms with van der Waals surface area (Å²) >= 11 is 6.24. The van der Waals surface area contributed by atoms with Gasteiger partial charge in [-0.25, -0.2) is 4.98 Å². The lowest BCUT2D eigenvalue weighted by atomic mass is 10.1. The number of hydrogen-bond donors (Lipinski definition) is 1. The Bertz CT molecular complexity index is 1000. The third-order valence-electron chi connectivity index (χ3n) is 3.97. The number of benzene rings is 1. The minimum absolute atomic E-state index is 0.699. The van der Waals surface area contributed by atoms with E-state index in [9.17, 15) is 0 Å². The van der Waals surface area contributed by atoms with Crippen molar-refractivity contribution in [2.24, 2.45) is 7.05 Å². The lowest BCUT2D eigenvalue weighted by Crippen LogP contribution is -1.84. The highest BCUT2D eigenvalue weighted by Crippen LogP contribution is 2.34. The highest BCUT2D eigenvalue weighted by atomic mass is 35.5. The van der Waals surface area contributed by atoms with Crippen molar-refractivity contribution in [3.63, 3.8) is 0 Å². The summed E-state index contributed by atoms with van der Waals surface area (Å²) < 4.78 is 7.45. The molecule has 0 bridgehead atoms. The molecule has 0 saturated carbocycles. The Hall–Kier alpha value is -2.46. The Morgan fingerprint density at radius 2 is 2.05 bits per heavy atom. The maximum absolute atomic E-state index is 6.24. The van der Waals surface area contributed by atoms with E-state index in [0.29, 0.717) is 5.02 Å². The van der Waals surface area contributed by atoms with Crippen molar-refractivity contribution >= 4 is 33.5 Å². The van der Waals surface area contributed by atoms with Crippen LogP contribution in [0.25, 0.3) is 33.2 Å². The third-order valence-corrected chi connectivity index (χ3v) is 4.30. The van der Waals surface area contributed by atoms with Gasteiger partial charge in [-0.3, -0.25) is 0 Å². The number of halogens is 1. The van der Waals surface area contributed by atoms with Crippen LogP contribution in [-0.2, 0) is 7.05 Å². The zero-order chi connectivity index (χ0) is 15.3. The van der Waals surface area contributed by atoms with Crippen LogP contribution < -0.4 is 4.74 Å². The molecule has 0 atom stereocenters. The van der Waals surface area contributed by atoms with Crippen LogP contribution in [-0.4, -0.2) is 21.6 Å². The van der Waals surface area contributed by atoms with Crippen LogP contribution in [0.2, 0.25) is 5.02 Å².